The van der Waals surface area contributed by atoms with Gasteiger partial charge in [0.2, 0.25) is 0 Å². The molecule has 1 aliphatic heterocycles. The third kappa shape index (κ3) is 4.63. The number of ether oxygens (including phenoxy) is 2. The maximum absolute atomic E-state index is 11.5. The van der Waals surface area contributed by atoms with Gasteiger partial charge < -0.3 is 9.47 Å². The summed E-state index contributed by atoms with van der Waals surface area (Å²) in [6.45, 7) is 1.61. The SMILES string of the molecule is CCOC(=O)COc1c(Cl)cc(/C=C2\SC(=O)NC2=O)cc1Cl. The van der Waals surface area contributed by atoms with Gasteiger partial charge >= 0.3 is 5.97 Å². The zero-order chi connectivity index (χ0) is 17.0. The number of esters is 1. The second kappa shape index (κ2) is 7.72. The first-order valence-corrected chi connectivity index (χ1v) is 8.00. The Labute approximate surface area is 146 Å². The lowest BCUT2D eigenvalue weighted by Gasteiger charge is -2.10. The maximum atomic E-state index is 11.5. The highest BCUT2D eigenvalue weighted by Gasteiger charge is 2.25. The van der Waals surface area contributed by atoms with E-state index >= 15 is 0 Å². The highest BCUT2D eigenvalue weighted by Crippen LogP contribution is 2.36. The van der Waals surface area contributed by atoms with Gasteiger partial charge in [-0.1, -0.05) is 23.2 Å². The molecule has 1 saturated heterocycles. The van der Waals surface area contributed by atoms with Crippen LogP contribution in [0.2, 0.25) is 10.0 Å². The Hall–Kier alpha value is -1.70. The topological polar surface area (TPSA) is 81.7 Å². The molecule has 1 N–H and O–H groups in total. The highest BCUT2D eigenvalue weighted by atomic mass is 35.5. The van der Waals surface area contributed by atoms with Crippen molar-refractivity contribution in [3.8, 4) is 5.75 Å². The van der Waals surface area contributed by atoms with Crippen molar-refractivity contribution in [2.24, 2.45) is 0 Å². The van der Waals surface area contributed by atoms with Crippen LogP contribution in [0, 0.1) is 0 Å². The number of amides is 2. The molecular weight excluding hydrogens is 365 g/mol. The van der Waals surface area contributed by atoms with E-state index in [-0.39, 0.29) is 33.9 Å². The van der Waals surface area contributed by atoms with Crippen molar-refractivity contribution in [1.29, 1.82) is 0 Å². The van der Waals surface area contributed by atoms with Crippen molar-refractivity contribution in [3.63, 3.8) is 0 Å². The molecule has 0 unspecified atom stereocenters. The van der Waals surface area contributed by atoms with Crippen LogP contribution < -0.4 is 10.1 Å². The summed E-state index contributed by atoms with van der Waals surface area (Å²) in [4.78, 5) is 34.1. The van der Waals surface area contributed by atoms with E-state index in [4.69, 9.17) is 32.7 Å². The molecule has 0 atom stereocenters. The smallest absolute Gasteiger partial charge is 0.344 e. The van der Waals surface area contributed by atoms with Crippen LogP contribution >= 0.6 is 35.0 Å². The largest absolute Gasteiger partial charge is 0.479 e. The van der Waals surface area contributed by atoms with Gasteiger partial charge in [0.15, 0.2) is 12.4 Å². The van der Waals surface area contributed by atoms with Crippen molar-refractivity contribution in [3.05, 3.63) is 32.6 Å². The van der Waals surface area contributed by atoms with Crippen LogP contribution in [0.5, 0.6) is 5.75 Å². The Kier molecular flexibility index (Phi) is 5.92. The fraction of sp³-hybridized carbons (Fsp3) is 0.214. The Morgan fingerprint density at radius 2 is 1.96 bits per heavy atom. The number of carbonyl (C=O) groups excluding carboxylic acids is 3. The van der Waals surface area contributed by atoms with Gasteiger partial charge in [-0.15, -0.1) is 0 Å². The molecule has 0 radical (unpaired) electrons. The normalized spacial score (nSPS) is 15.7. The van der Waals surface area contributed by atoms with Crippen molar-refractivity contribution in [1.82, 2.24) is 5.32 Å². The van der Waals surface area contributed by atoms with Gasteiger partial charge in [0.1, 0.15) is 0 Å². The predicted molar refractivity (Wildman–Crippen MR) is 87.7 cm³/mol. The maximum Gasteiger partial charge on any atom is 0.344 e. The molecule has 1 aliphatic rings. The zero-order valence-electron chi connectivity index (χ0n) is 11.9. The molecule has 1 heterocycles. The minimum atomic E-state index is -0.539. The Bertz CT molecular complexity index is 681. The monoisotopic (exact) mass is 375 g/mol. The summed E-state index contributed by atoms with van der Waals surface area (Å²) < 4.78 is 9.99. The van der Waals surface area contributed by atoms with E-state index in [1.807, 2.05) is 0 Å². The third-order valence-corrected chi connectivity index (χ3v) is 3.97. The van der Waals surface area contributed by atoms with E-state index in [0.29, 0.717) is 5.56 Å². The first-order valence-electron chi connectivity index (χ1n) is 6.43. The Morgan fingerprint density at radius 1 is 1.30 bits per heavy atom. The predicted octanol–water partition coefficient (Wildman–Crippen LogP) is 3.26. The van der Waals surface area contributed by atoms with E-state index in [1.165, 1.54) is 18.2 Å². The Balaban J connectivity index is 2.17. The van der Waals surface area contributed by atoms with Crippen molar-refractivity contribution >= 4 is 58.2 Å². The number of rotatable bonds is 5. The molecule has 1 aromatic carbocycles. The summed E-state index contributed by atoms with van der Waals surface area (Å²) in [5.41, 5.74) is 0.524. The van der Waals surface area contributed by atoms with Gasteiger partial charge in [0.25, 0.3) is 11.1 Å². The molecule has 9 heteroatoms. The van der Waals surface area contributed by atoms with Gasteiger partial charge in [-0.05, 0) is 42.5 Å². The number of thioether (sulfide) groups is 1. The summed E-state index contributed by atoms with van der Waals surface area (Å²) in [6.07, 6.45) is 1.48. The van der Waals surface area contributed by atoms with E-state index in [0.717, 1.165) is 11.8 Å². The molecule has 1 aromatic rings. The number of halogens is 2. The molecule has 0 saturated carbocycles. The van der Waals surface area contributed by atoms with E-state index in [9.17, 15) is 14.4 Å². The lowest BCUT2D eigenvalue weighted by atomic mass is 10.2. The number of carbonyl (C=O) groups is 3. The highest BCUT2D eigenvalue weighted by molar-refractivity contribution is 8.18. The molecule has 0 spiro atoms. The summed E-state index contributed by atoms with van der Waals surface area (Å²) in [5.74, 6) is -0.874. The van der Waals surface area contributed by atoms with Gasteiger partial charge in [-0.3, -0.25) is 14.9 Å². The molecule has 1 fully saturated rings. The molecule has 2 amide bonds. The number of hydrogen-bond acceptors (Lipinski definition) is 6. The minimum Gasteiger partial charge on any atom is -0.479 e. The number of nitrogens with one attached hydrogen (secondary N) is 1. The summed E-state index contributed by atoms with van der Waals surface area (Å²) in [7, 11) is 0. The summed E-state index contributed by atoms with van der Waals surface area (Å²) in [6, 6.07) is 3.02. The molecule has 23 heavy (non-hydrogen) atoms. The minimum absolute atomic E-state index is 0.142. The van der Waals surface area contributed by atoms with E-state index in [1.54, 1.807) is 6.92 Å². The van der Waals surface area contributed by atoms with Crippen LogP contribution in [0.1, 0.15) is 12.5 Å². The van der Waals surface area contributed by atoms with Crippen LogP contribution in [0.3, 0.4) is 0 Å². The van der Waals surface area contributed by atoms with Gasteiger partial charge in [-0.2, -0.15) is 0 Å². The second-order valence-electron chi connectivity index (χ2n) is 4.26. The number of benzene rings is 1. The standard InChI is InChI=1S/C14H11Cl2NO5S/c1-2-21-11(18)6-22-12-8(15)3-7(4-9(12)16)5-10-13(19)17-14(20)23-10/h3-5H,2,6H2,1H3,(H,17,19,20)/b10-5-. The molecule has 2 rings (SSSR count). The van der Waals surface area contributed by atoms with Crippen LogP contribution in [0.4, 0.5) is 4.79 Å². The fourth-order valence-electron chi connectivity index (χ4n) is 1.71. The average Bonchev–Trinajstić information content (AvgIpc) is 2.76. The number of hydrogen-bond donors (Lipinski definition) is 1. The second-order valence-corrected chi connectivity index (χ2v) is 6.09. The first-order chi connectivity index (χ1) is 10.9. The van der Waals surface area contributed by atoms with Crippen LogP contribution in [0.25, 0.3) is 6.08 Å². The van der Waals surface area contributed by atoms with Gasteiger partial charge in [0, 0.05) is 0 Å². The lowest BCUT2D eigenvalue weighted by Crippen LogP contribution is -2.17. The van der Waals surface area contributed by atoms with E-state index in [2.05, 4.69) is 5.32 Å². The van der Waals surface area contributed by atoms with Crippen LogP contribution in [-0.2, 0) is 14.3 Å². The quantitative estimate of drug-likeness (QED) is 0.628. The molecule has 122 valence electrons. The fourth-order valence-corrected chi connectivity index (χ4v) is 3.00. The molecule has 0 aliphatic carbocycles. The van der Waals surface area contributed by atoms with Gasteiger partial charge in [0.05, 0.1) is 21.6 Å². The first kappa shape index (κ1) is 17.7. The average molecular weight is 376 g/mol. The molecule has 0 bridgehead atoms. The van der Waals surface area contributed by atoms with Crippen LogP contribution in [-0.4, -0.2) is 30.3 Å². The van der Waals surface area contributed by atoms with Crippen molar-refractivity contribution in [2.45, 2.75) is 6.92 Å². The summed E-state index contributed by atoms with van der Waals surface area (Å²) in [5, 5.41) is 2.05. The van der Waals surface area contributed by atoms with E-state index < -0.39 is 17.1 Å². The zero-order valence-corrected chi connectivity index (χ0v) is 14.2. The lowest BCUT2D eigenvalue weighted by molar-refractivity contribution is -0.145. The van der Waals surface area contributed by atoms with Crippen molar-refractivity contribution in [2.75, 3.05) is 13.2 Å². The molecular formula is C14H11Cl2NO5S. The molecule has 6 nitrogen and oxygen atoms in total. The van der Waals surface area contributed by atoms with Crippen LogP contribution in [0.15, 0.2) is 17.0 Å². The van der Waals surface area contributed by atoms with Gasteiger partial charge in [-0.25, -0.2) is 4.79 Å². The molecule has 0 aromatic heterocycles. The Morgan fingerprint density at radius 3 is 2.48 bits per heavy atom. The third-order valence-electron chi connectivity index (χ3n) is 2.60. The summed E-state index contributed by atoms with van der Waals surface area (Å²) >= 11 is 12.9. The van der Waals surface area contributed by atoms with Crippen molar-refractivity contribution < 1.29 is 23.9 Å². The number of imide groups is 1.